The van der Waals surface area contributed by atoms with E-state index in [1.54, 1.807) is 119 Å². The van der Waals surface area contributed by atoms with Crippen LogP contribution >= 0.6 is 11.8 Å². The number of carbonyl (C=O) groups excluding carboxylic acids is 15. The summed E-state index contributed by atoms with van der Waals surface area (Å²) >= 11 is 0.798. The van der Waals surface area contributed by atoms with Crippen molar-refractivity contribution in [3.63, 3.8) is 0 Å². The summed E-state index contributed by atoms with van der Waals surface area (Å²) < 4.78 is 0. The Morgan fingerprint density at radius 2 is 0.892 bits per heavy atom. The molecule has 11 atom stereocenters. The molecule has 15 amide bonds. The number of fused-ring (bicyclic) bond motifs is 1. The zero-order chi connectivity index (χ0) is 95.2. The van der Waals surface area contributed by atoms with E-state index in [-0.39, 0.29) is 74.5 Å². The molecule has 2 heterocycles. The minimum atomic E-state index is -1.92. The van der Waals surface area contributed by atoms with Gasteiger partial charge < -0.3 is 103 Å². The number of benzene rings is 6. The second kappa shape index (κ2) is 48.9. The molecule has 0 radical (unpaired) electrons. The number of H-pyrrole nitrogens is 1. The smallest absolute Gasteiger partial charge is 0.305 e. The highest BCUT2D eigenvalue weighted by Gasteiger charge is 2.42. The average molecular weight is 1810 g/mol. The third kappa shape index (κ3) is 30.4. The highest BCUT2D eigenvalue weighted by atomic mass is 32.2. The molecule has 130 heavy (non-hydrogen) atoms. The minimum absolute atomic E-state index is 0.00892. The average Bonchev–Trinajstić information content (AvgIpc) is 1.33. The van der Waals surface area contributed by atoms with Crippen LogP contribution in [0.3, 0.4) is 0 Å². The summed E-state index contributed by atoms with van der Waals surface area (Å²) in [5.41, 5.74) is 8.90. The van der Waals surface area contributed by atoms with Gasteiger partial charge in [-0.25, -0.2) is 0 Å². The fourth-order valence-electron chi connectivity index (χ4n) is 15.0. The molecule has 0 bridgehead atoms. The number of unbranched alkanes of at least 4 members (excludes halogenated alkanes) is 1. The quantitative estimate of drug-likeness (QED) is 0.0436. The van der Waals surface area contributed by atoms with Gasteiger partial charge in [-0.1, -0.05) is 163 Å². The summed E-state index contributed by atoms with van der Waals surface area (Å²) in [7, 11) is 6.45. The largest absolute Gasteiger partial charge is 0.508 e. The molecule has 36 nitrogen and oxygen atoms in total. The molecule has 1 aliphatic heterocycles. The van der Waals surface area contributed by atoms with Crippen LogP contribution in [0.25, 0.3) is 10.9 Å². The molecule has 6 aromatic carbocycles. The fourth-order valence-corrected chi connectivity index (χ4v) is 15.8. The van der Waals surface area contributed by atoms with E-state index in [0.29, 0.717) is 57.1 Å². The normalized spacial score (nSPS) is 21.8. The molecular weight excluding hydrogens is 1690 g/mol. The fraction of sp³-hybridized carbons (Fsp3) is 0.419. The first-order chi connectivity index (χ1) is 61.8. The number of nitrogens with zero attached hydrogens (tertiary/aromatic N) is 5. The van der Waals surface area contributed by atoms with Crippen LogP contribution in [0.1, 0.15) is 100 Å². The molecule has 0 aliphatic carbocycles. The maximum Gasteiger partial charge on any atom is 0.305 e. The number of thioether (sulfide) groups is 1. The number of aliphatic carboxylic acids is 1. The van der Waals surface area contributed by atoms with Gasteiger partial charge in [0.05, 0.1) is 31.8 Å². The van der Waals surface area contributed by atoms with Gasteiger partial charge in [-0.15, -0.1) is 11.8 Å². The van der Waals surface area contributed by atoms with Gasteiger partial charge in [-0.2, -0.15) is 0 Å². The lowest BCUT2D eigenvalue weighted by Gasteiger charge is -2.37. The van der Waals surface area contributed by atoms with Crippen molar-refractivity contribution >= 4 is 117 Å². The molecule has 37 heteroatoms. The number of hydrogen-bond acceptors (Lipinski definition) is 20. The SMILES string of the molecule is CCCC[C@H]1C(=O)N(C)CC(=O)N[C@@H](CC(=O)O)C(=O)N[C@@H](C(C)C)C(=O)N(C)C(Cc2ccccc2)C(=O)N[C@@H](Cc2ccc(O)cc2)C(=O)N(C)CC(=O)N[C@@H](Cc2c[nH]c3ccccc23)C(=O)N[C@@H](Cc2ccc(O)cc2)C(=O)N[C@@H](CC(C)C)C(=O)N[C@H](C(=O)NCC(N)=O)CSCC(=O)N[C@@H](Cc2ccc(O)cc2)C(=O)N(C)[C@@H](Cc2ccccc2)C(=O)N1C. The summed E-state index contributed by atoms with van der Waals surface area (Å²) in [5, 5.41) is 65.8. The predicted octanol–water partition coefficient (Wildman–Crippen LogP) is 2.03. The summed E-state index contributed by atoms with van der Waals surface area (Å²) in [4.78, 5) is 243. The lowest BCUT2D eigenvalue weighted by Crippen LogP contribution is -2.61. The van der Waals surface area contributed by atoms with E-state index in [9.17, 15) is 58.8 Å². The van der Waals surface area contributed by atoms with Crippen LogP contribution in [-0.4, -0.2) is 277 Å². The first-order valence-corrected chi connectivity index (χ1v) is 44.0. The molecule has 1 saturated heterocycles. The maximum absolute atomic E-state index is 15.5. The zero-order valence-corrected chi connectivity index (χ0v) is 75.3. The number of likely N-dealkylation sites (N-methyl/N-ethyl adjacent to an activating group) is 5. The molecule has 1 unspecified atom stereocenters. The molecule has 1 fully saturated rings. The van der Waals surface area contributed by atoms with Crippen molar-refractivity contribution in [2.24, 2.45) is 17.6 Å². The number of nitrogens with one attached hydrogen (secondary N) is 10. The number of aromatic amines is 1. The number of nitrogens with two attached hydrogens (primary N) is 1. The van der Waals surface area contributed by atoms with Crippen molar-refractivity contribution in [3.8, 4) is 17.2 Å². The summed E-state index contributed by atoms with van der Waals surface area (Å²) in [6, 6.07) is 23.9. The van der Waals surface area contributed by atoms with E-state index in [2.05, 4.69) is 52.8 Å². The number of aromatic nitrogens is 1. The molecule has 1 aromatic heterocycles. The number of aromatic hydroxyl groups is 3. The van der Waals surface area contributed by atoms with E-state index in [0.717, 1.165) is 36.3 Å². The number of rotatable bonds is 23. The molecule has 696 valence electrons. The Balaban J connectivity index is 1.22. The topological polar surface area (TPSA) is 520 Å². The number of hydrogen-bond donors (Lipinski definition) is 15. The number of primary amides is 1. The third-order valence-corrected chi connectivity index (χ3v) is 23.2. The summed E-state index contributed by atoms with van der Waals surface area (Å²) in [5.74, 6) is -18.0. The number of carboxylic acids is 1. The van der Waals surface area contributed by atoms with Crippen LogP contribution in [-0.2, 0) is 115 Å². The first kappa shape index (κ1) is 102. The number of carboxylic acid groups (broad SMARTS) is 1. The second-order valence-electron chi connectivity index (χ2n) is 33.2. The first-order valence-electron chi connectivity index (χ1n) is 42.8. The Morgan fingerprint density at radius 3 is 1.42 bits per heavy atom. The molecule has 1 aliphatic rings. The van der Waals surface area contributed by atoms with Crippen molar-refractivity contribution in [1.82, 2.24) is 77.3 Å². The monoisotopic (exact) mass is 1810 g/mol. The maximum atomic E-state index is 15.5. The number of para-hydroxylation sites is 1. The Hall–Kier alpha value is -13.9. The lowest BCUT2D eigenvalue weighted by molar-refractivity contribution is -0.151. The van der Waals surface area contributed by atoms with Crippen molar-refractivity contribution < 1.29 is 97.1 Å². The van der Waals surface area contributed by atoms with E-state index >= 15 is 38.4 Å². The Kier molecular flexibility index (Phi) is 38.2. The van der Waals surface area contributed by atoms with Crippen molar-refractivity contribution in [1.29, 1.82) is 0 Å². The number of phenolic OH excluding ortho intramolecular Hbond substituents is 3. The predicted molar refractivity (Wildman–Crippen MR) is 484 cm³/mol. The van der Waals surface area contributed by atoms with Crippen molar-refractivity contribution in [3.05, 3.63) is 197 Å². The van der Waals surface area contributed by atoms with Crippen LogP contribution in [0.5, 0.6) is 17.2 Å². The Morgan fingerprint density at radius 1 is 0.454 bits per heavy atom. The van der Waals surface area contributed by atoms with Crippen LogP contribution in [0.4, 0.5) is 0 Å². The van der Waals surface area contributed by atoms with Gasteiger partial charge in [-0.05, 0) is 101 Å². The number of carbonyl (C=O) groups is 16. The van der Waals surface area contributed by atoms with Crippen molar-refractivity contribution in [2.75, 3.05) is 66.4 Å². The Bertz CT molecular complexity index is 5120. The minimum Gasteiger partial charge on any atom is -0.508 e. The van der Waals surface area contributed by atoms with E-state index in [1.807, 2.05) is 6.92 Å². The second-order valence-corrected chi connectivity index (χ2v) is 34.3. The van der Waals surface area contributed by atoms with Crippen LogP contribution in [0.2, 0.25) is 0 Å². The molecule has 0 saturated carbocycles. The highest BCUT2D eigenvalue weighted by molar-refractivity contribution is 8.00. The molecule has 7 aromatic rings. The molecule has 0 spiro atoms. The summed E-state index contributed by atoms with van der Waals surface area (Å²) in [6.07, 6.45) is -0.168. The van der Waals surface area contributed by atoms with E-state index in [1.165, 1.54) is 108 Å². The van der Waals surface area contributed by atoms with Gasteiger partial charge in [0.1, 0.15) is 83.7 Å². The van der Waals surface area contributed by atoms with Gasteiger partial charge >= 0.3 is 5.97 Å². The zero-order valence-electron chi connectivity index (χ0n) is 74.5. The van der Waals surface area contributed by atoms with E-state index in [4.69, 9.17) is 5.73 Å². The van der Waals surface area contributed by atoms with Gasteiger partial charge in [0.25, 0.3) is 0 Å². The number of phenols is 3. The molecule has 8 rings (SSSR count). The highest BCUT2D eigenvalue weighted by Crippen LogP contribution is 2.25. The number of amides is 15. The standard InChI is InChI=1S/C93H118N16O20S/c1-11-12-27-74-91(127)106(7)51-79(115)98-70(47-81(117)118)87(123)104-82(55(4)5)93(129)108(9)75(44-56-21-15-13-16-22-56)88(124)102-71(42-59-30-36-63(111)37-31-59)89(125)105(6)50-78(114)97-69(46-61-48-95-66-26-20-19-25-65(61)66)86(122)101-68(41-58-28-34-62(110)35-29-58)85(121)100-67(40-54(2)3)84(120)103-73(83(119)96-49-77(94)113)52-130-53-80(116)99-72(43-60-32-38-64(112)39-33-60)90(126)109(10)76(92(128)107(74)8)45-57-23-17-14-18-24-57/h13-26,28-39,48,54-55,67-76,82,95,110-112H,11-12,27,40-47,49-53H2,1-10H3,(H2,94,113)(H,96,119)(H,97,114)(H,98,115)(H,99,116)(H,100,121)(H,101,122)(H,102,124)(H,103,120)(H,104,123)(H,117,118)/t67-,68-,69-,70-,71-,72-,73-,74-,75?,76-,82-/m0/s1. The lowest BCUT2D eigenvalue weighted by atomic mass is 9.98. The van der Waals surface area contributed by atoms with Crippen molar-refractivity contribution in [2.45, 2.75) is 172 Å². The molecular formula is C93H118N16O20S. The van der Waals surface area contributed by atoms with Crippen LogP contribution in [0, 0.1) is 11.8 Å². The van der Waals surface area contributed by atoms with Gasteiger partial charge in [0.2, 0.25) is 88.6 Å². The Labute approximate surface area is 758 Å². The van der Waals surface area contributed by atoms with Crippen LogP contribution < -0.4 is 53.6 Å². The third-order valence-electron chi connectivity index (χ3n) is 22.2. The van der Waals surface area contributed by atoms with Gasteiger partial charge in [0, 0.05) is 96.6 Å². The van der Waals surface area contributed by atoms with Crippen LogP contribution in [0.15, 0.2) is 164 Å². The van der Waals surface area contributed by atoms with E-state index < -0.39 is 205 Å². The van der Waals surface area contributed by atoms with Gasteiger partial charge in [0.15, 0.2) is 0 Å². The molecule has 16 N–H and O–H groups in total. The van der Waals surface area contributed by atoms with Gasteiger partial charge in [-0.3, -0.25) is 76.7 Å². The summed E-state index contributed by atoms with van der Waals surface area (Å²) in [6.45, 7) is 6.09.